The van der Waals surface area contributed by atoms with Crippen molar-refractivity contribution < 1.29 is 4.79 Å². The van der Waals surface area contributed by atoms with Gasteiger partial charge in [0, 0.05) is 32.0 Å². The van der Waals surface area contributed by atoms with Crippen molar-refractivity contribution in [3.63, 3.8) is 0 Å². The average Bonchev–Trinajstić information content (AvgIpc) is 2.35. The van der Waals surface area contributed by atoms with Gasteiger partial charge in [0.15, 0.2) is 0 Å². The fraction of sp³-hybridized carbons (Fsp3) is 0.462. The van der Waals surface area contributed by atoms with Crippen LogP contribution in [0.5, 0.6) is 0 Å². The van der Waals surface area contributed by atoms with Crippen molar-refractivity contribution in [2.75, 3.05) is 42.9 Å². The summed E-state index contributed by atoms with van der Waals surface area (Å²) in [5, 5.41) is 5.67. The van der Waals surface area contributed by atoms with Gasteiger partial charge in [0.2, 0.25) is 0 Å². The van der Waals surface area contributed by atoms with Crippen molar-refractivity contribution in [3.8, 4) is 0 Å². The van der Waals surface area contributed by atoms with Crippen LogP contribution < -0.4 is 15.5 Å². The maximum Gasteiger partial charge on any atom is 0.319 e. The molecule has 0 aromatic heterocycles. The van der Waals surface area contributed by atoms with E-state index in [1.807, 2.05) is 43.3 Å². The average molecular weight is 267 g/mol. The summed E-state index contributed by atoms with van der Waals surface area (Å²) >= 11 is 1.79. The molecule has 0 bridgehead atoms. The second-order valence-electron chi connectivity index (χ2n) is 4.17. The number of thioether (sulfide) groups is 1. The third-order valence-electron chi connectivity index (χ3n) is 2.43. The molecule has 0 fully saturated rings. The van der Waals surface area contributed by atoms with Gasteiger partial charge in [-0.25, -0.2) is 4.79 Å². The molecule has 1 aromatic carbocycles. The summed E-state index contributed by atoms with van der Waals surface area (Å²) in [6, 6.07) is 7.61. The number of hydrogen-bond donors (Lipinski definition) is 2. The zero-order valence-corrected chi connectivity index (χ0v) is 12.0. The van der Waals surface area contributed by atoms with Crippen LogP contribution in [0.1, 0.15) is 6.42 Å². The highest BCUT2D eigenvalue weighted by molar-refractivity contribution is 7.98. The van der Waals surface area contributed by atoms with E-state index in [9.17, 15) is 4.79 Å². The summed E-state index contributed by atoms with van der Waals surface area (Å²) < 4.78 is 0. The van der Waals surface area contributed by atoms with E-state index in [1.165, 1.54) is 0 Å². The van der Waals surface area contributed by atoms with E-state index in [0.29, 0.717) is 6.54 Å². The molecule has 1 rings (SSSR count). The zero-order chi connectivity index (χ0) is 13.4. The first kappa shape index (κ1) is 14.7. The molecule has 18 heavy (non-hydrogen) atoms. The minimum absolute atomic E-state index is 0.146. The van der Waals surface area contributed by atoms with Crippen LogP contribution in [0.4, 0.5) is 16.2 Å². The maximum absolute atomic E-state index is 11.6. The summed E-state index contributed by atoms with van der Waals surface area (Å²) in [5.41, 5.74) is 1.87. The molecule has 2 amide bonds. The fourth-order valence-corrected chi connectivity index (χ4v) is 1.89. The zero-order valence-electron chi connectivity index (χ0n) is 11.2. The van der Waals surface area contributed by atoms with Crippen LogP contribution in [0.25, 0.3) is 0 Å². The van der Waals surface area contributed by atoms with Crippen molar-refractivity contribution in [3.05, 3.63) is 24.3 Å². The largest absolute Gasteiger partial charge is 0.378 e. The topological polar surface area (TPSA) is 44.4 Å². The van der Waals surface area contributed by atoms with E-state index in [4.69, 9.17) is 0 Å². The molecule has 1 aromatic rings. The lowest BCUT2D eigenvalue weighted by atomic mass is 10.2. The quantitative estimate of drug-likeness (QED) is 0.779. The van der Waals surface area contributed by atoms with Crippen molar-refractivity contribution in [2.45, 2.75) is 6.42 Å². The Bertz CT molecular complexity index is 382. The number of hydrogen-bond acceptors (Lipinski definition) is 3. The molecule has 0 spiro atoms. The molecule has 0 saturated carbocycles. The lowest BCUT2D eigenvalue weighted by Crippen LogP contribution is -2.29. The number of carbonyl (C=O) groups excluding carboxylic acids is 1. The molecular formula is C13H21N3OS. The summed E-state index contributed by atoms with van der Waals surface area (Å²) in [7, 11) is 3.95. The van der Waals surface area contributed by atoms with Crippen LogP contribution in [0.3, 0.4) is 0 Å². The summed E-state index contributed by atoms with van der Waals surface area (Å²) in [6.07, 6.45) is 3.05. The Hall–Kier alpha value is -1.36. The van der Waals surface area contributed by atoms with Gasteiger partial charge in [0.25, 0.3) is 0 Å². The van der Waals surface area contributed by atoms with Crippen molar-refractivity contribution in [1.29, 1.82) is 0 Å². The highest BCUT2D eigenvalue weighted by Gasteiger charge is 2.02. The lowest BCUT2D eigenvalue weighted by molar-refractivity contribution is 0.252. The molecule has 0 heterocycles. The van der Waals surface area contributed by atoms with Crippen LogP contribution in [0, 0.1) is 0 Å². The van der Waals surface area contributed by atoms with Gasteiger partial charge in [0.1, 0.15) is 0 Å². The van der Waals surface area contributed by atoms with Crippen molar-refractivity contribution in [2.24, 2.45) is 0 Å². The van der Waals surface area contributed by atoms with Gasteiger partial charge in [-0.15, -0.1) is 0 Å². The van der Waals surface area contributed by atoms with Gasteiger partial charge >= 0.3 is 6.03 Å². The number of anilines is 2. The fourth-order valence-electron chi connectivity index (χ4n) is 1.46. The maximum atomic E-state index is 11.6. The normalized spacial score (nSPS) is 9.94. The third kappa shape index (κ3) is 5.31. The van der Waals surface area contributed by atoms with E-state index in [2.05, 4.69) is 16.9 Å². The smallest absolute Gasteiger partial charge is 0.319 e. The van der Waals surface area contributed by atoms with Crippen LogP contribution in [-0.4, -0.2) is 38.7 Å². The molecule has 0 saturated heterocycles. The number of urea groups is 1. The number of rotatable bonds is 6. The van der Waals surface area contributed by atoms with Crippen LogP contribution in [0.15, 0.2) is 24.3 Å². The molecular weight excluding hydrogens is 246 g/mol. The number of amides is 2. The summed E-state index contributed by atoms with van der Waals surface area (Å²) in [4.78, 5) is 13.6. The predicted molar refractivity (Wildman–Crippen MR) is 80.8 cm³/mol. The van der Waals surface area contributed by atoms with Crippen LogP contribution in [-0.2, 0) is 0 Å². The van der Waals surface area contributed by atoms with E-state index >= 15 is 0 Å². The minimum Gasteiger partial charge on any atom is -0.378 e. The Balaban J connectivity index is 2.41. The van der Waals surface area contributed by atoms with Gasteiger partial charge in [-0.3, -0.25) is 0 Å². The molecule has 0 radical (unpaired) electrons. The van der Waals surface area contributed by atoms with Gasteiger partial charge in [-0.05, 0) is 36.6 Å². The Morgan fingerprint density at radius 2 is 2.17 bits per heavy atom. The Morgan fingerprint density at radius 3 is 2.83 bits per heavy atom. The van der Waals surface area contributed by atoms with Crippen LogP contribution in [0.2, 0.25) is 0 Å². The third-order valence-corrected chi connectivity index (χ3v) is 3.13. The second kappa shape index (κ2) is 7.87. The molecule has 2 N–H and O–H groups in total. The Labute approximate surface area is 113 Å². The number of nitrogens with zero attached hydrogens (tertiary/aromatic N) is 1. The first-order valence-electron chi connectivity index (χ1n) is 5.94. The van der Waals surface area contributed by atoms with Gasteiger partial charge in [-0.2, -0.15) is 11.8 Å². The standard InChI is InChI=1S/C13H21N3OS/c1-16(2)12-7-4-6-11(10-12)15-13(17)14-8-5-9-18-3/h4,6-7,10H,5,8-9H2,1-3H3,(H2,14,15,17). The van der Waals surface area contributed by atoms with Gasteiger partial charge in [0.05, 0.1) is 0 Å². The first-order valence-corrected chi connectivity index (χ1v) is 7.34. The Morgan fingerprint density at radius 1 is 1.39 bits per heavy atom. The van der Waals surface area contributed by atoms with Crippen molar-refractivity contribution in [1.82, 2.24) is 5.32 Å². The highest BCUT2D eigenvalue weighted by Crippen LogP contribution is 2.16. The van der Waals surface area contributed by atoms with Crippen molar-refractivity contribution >= 4 is 29.2 Å². The SMILES string of the molecule is CSCCCNC(=O)Nc1cccc(N(C)C)c1. The monoisotopic (exact) mass is 267 g/mol. The highest BCUT2D eigenvalue weighted by atomic mass is 32.2. The lowest BCUT2D eigenvalue weighted by Gasteiger charge is -2.14. The molecule has 0 atom stereocenters. The second-order valence-corrected chi connectivity index (χ2v) is 5.16. The minimum atomic E-state index is -0.146. The molecule has 0 aliphatic heterocycles. The summed E-state index contributed by atoms with van der Waals surface area (Å²) in [5.74, 6) is 1.07. The number of benzene rings is 1. The summed E-state index contributed by atoms with van der Waals surface area (Å²) in [6.45, 7) is 0.708. The van der Waals surface area contributed by atoms with E-state index < -0.39 is 0 Å². The molecule has 100 valence electrons. The number of nitrogens with one attached hydrogen (secondary N) is 2. The van der Waals surface area contributed by atoms with Crippen LogP contribution >= 0.6 is 11.8 Å². The molecule has 0 aliphatic rings. The Kier molecular flexibility index (Phi) is 6.43. The molecule has 4 nitrogen and oxygen atoms in total. The van der Waals surface area contributed by atoms with E-state index in [0.717, 1.165) is 23.5 Å². The van der Waals surface area contributed by atoms with E-state index in [1.54, 1.807) is 11.8 Å². The van der Waals surface area contributed by atoms with Gasteiger partial charge < -0.3 is 15.5 Å². The molecule has 0 unspecified atom stereocenters. The number of carbonyl (C=O) groups is 1. The predicted octanol–water partition coefficient (Wildman–Crippen LogP) is 2.63. The van der Waals surface area contributed by atoms with E-state index in [-0.39, 0.29) is 6.03 Å². The molecule has 5 heteroatoms. The van der Waals surface area contributed by atoms with Gasteiger partial charge in [-0.1, -0.05) is 6.07 Å². The first-order chi connectivity index (χ1) is 8.63. The molecule has 0 aliphatic carbocycles.